The number of hydrogen-bond donors (Lipinski definition) is 2. The summed E-state index contributed by atoms with van der Waals surface area (Å²) in [5, 5.41) is 3.18. The van der Waals surface area contributed by atoms with Crippen LogP contribution in [0, 0.1) is 0 Å². The van der Waals surface area contributed by atoms with Crippen LogP contribution in [0.4, 0.5) is 5.69 Å². The van der Waals surface area contributed by atoms with Crippen LogP contribution < -0.4 is 10.0 Å². The summed E-state index contributed by atoms with van der Waals surface area (Å²) in [5.74, 6) is -0.227. The minimum Gasteiger partial charge on any atom is -0.349 e. The van der Waals surface area contributed by atoms with E-state index < -0.39 is 10.0 Å². The number of hydrogen-bond acceptors (Lipinski definition) is 3. The Morgan fingerprint density at radius 3 is 2.36 bits per heavy atom. The maximum Gasteiger partial charge on any atom is 0.261 e. The summed E-state index contributed by atoms with van der Waals surface area (Å²) in [6, 6.07) is 12.8. The lowest BCUT2D eigenvalue weighted by Gasteiger charge is -2.14. The SMILES string of the molecule is O=C(NC1CCCC1)c1ccc(NS(=O)(=O)c2ccccc2)cc1Cl. The Kier molecular flexibility index (Phi) is 5.30. The summed E-state index contributed by atoms with van der Waals surface area (Å²) >= 11 is 6.19. The number of benzene rings is 2. The average molecular weight is 379 g/mol. The molecule has 1 aliphatic rings. The molecule has 0 radical (unpaired) electrons. The van der Waals surface area contributed by atoms with Crippen LogP contribution in [0.5, 0.6) is 0 Å². The lowest BCUT2D eigenvalue weighted by molar-refractivity contribution is 0.0938. The van der Waals surface area contributed by atoms with Crippen molar-refractivity contribution in [3.8, 4) is 0 Å². The van der Waals surface area contributed by atoms with Crippen LogP contribution in [-0.4, -0.2) is 20.4 Å². The van der Waals surface area contributed by atoms with Gasteiger partial charge in [0, 0.05) is 6.04 Å². The van der Waals surface area contributed by atoms with E-state index in [1.807, 2.05) is 0 Å². The second-order valence-corrected chi connectivity index (χ2v) is 8.16. The van der Waals surface area contributed by atoms with Crippen molar-refractivity contribution in [3.05, 3.63) is 59.1 Å². The van der Waals surface area contributed by atoms with Gasteiger partial charge in [-0.3, -0.25) is 9.52 Å². The number of carbonyl (C=O) groups is 1. The number of carbonyl (C=O) groups excluding carboxylic acids is 1. The van der Waals surface area contributed by atoms with Gasteiger partial charge >= 0.3 is 0 Å². The quantitative estimate of drug-likeness (QED) is 0.830. The first-order chi connectivity index (χ1) is 12.0. The zero-order valence-electron chi connectivity index (χ0n) is 13.5. The van der Waals surface area contributed by atoms with E-state index in [1.54, 1.807) is 18.2 Å². The predicted octanol–water partition coefficient (Wildman–Crippen LogP) is 3.81. The van der Waals surface area contributed by atoms with Gasteiger partial charge in [-0.1, -0.05) is 42.6 Å². The highest BCUT2D eigenvalue weighted by Gasteiger charge is 2.20. The van der Waals surface area contributed by atoms with Crippen LogP contribution in [0.1, 0.15) is 36.0 Å². The molecule has 0 aromatic heterocycles. The third-order valence-electron chi connectivity index (χ3n) is 4.21. The highest BCUT2D eigenvalue weighted by atomic mass is 35.5. The van der Waals surface area contributed by atoms with E-state index in [0.717, 1.165) is 25.7 Å². The van der Waals surface area contributed by atoms with Gasteiger partial charge in [-0.25, -0.2) is 8.42 Å². The molecule has 0 aliphatic heterocycles. The first-order valence-corrected chi connectivity index (χ1v) is 10.00. The lowest BCUT2D eigenvalue weighted by Crippen LogP contribution is -2.32. The van der Waals surface area contributed by atoms with Crippen molar-refractivity contribution in [3.63, 3.8) is 0 Å². The van der Waals surface area contributed by atoms with Gasteiger partial charge < -0.3 is 5.32 Å². The Balaban J connectivity index is 1.74. The van der Waals surface area contributed by atoms with Crippen molar-refractivity contribution in [1.29, 1.82) is 0 Å². The van der Waals surface area contributed by atoms with Crippen molar-refractivity contribution in [2.45, 2.75) is 36.6 Å². The smallest absolute Gasteiger partial charge is 0.261 e. The predicted molar refractivity (Wildman–Crippen MR) is 98.4 cm³/mol. The Bertz CT molecular complexity index is 863. The molecule has 2 aromatic carbocycles. The number of amides is 1. The van der Waals surface area contributed by atoms with Crippen molar-refractivity contribution in [2.24, 2.45) is 0 Å². The van der Waals surface area contributed by atoms with E-state index in [1.165, 1.54) is 30.3 Å². The fourth-order valence-electron chi connectivity index (χ4n) is 2.91. The Morgan fingerprint density at radius 2 is 1.72 bits per heavy atom. The van der Waals surface area contributed by atoms with Gasteiger partial charge in [-0.05, 0) is 43.2 Å². The molecule has 1 amide bonds. The number of halogens is 1. The Morgan fingerprint density at radius 1 is 1.04 bits per heavy atom. The molecule has 5 nitrogen and oxygen atoms in total. The molecule has 0 saturated heterocycles. The van der Waals surface area contributed by atoms with Crippen LogP contribution in [0.3, 0.4) is 0 Å². The summed E-state index contributed by atoms with van der Waals surface area (Å²) < 4.78 is 27.1. The van der Waals surface area contributed by atoms with Gasteiger partial charge in [-0.15, -0.1) is 0 Å². The van der Waals surface area contributed by atoms with Crippen LogP contribution in [-0.2, 0) is 10.0 Å². The minimum atomic E-state index is -3.69. The molecule has 25 heavy (non-hydrogen) atoms. The maximum absolute atomic E-state index is 12.3. The highest BCUT2D eigenvalue weighted by Crippen LogP contribution is 2.24. The van der Waals surface area contributed by atoms with E-state index in [4.69, 9.17) is 11.6 Å². The molecule has 2 aromatic rings. The molecule has 0 bridgehead atoms. The molecule has 7 heteroatoms. The van der Waals surface area contributed by atoms with Gasteiger partial charge in [0.2, 0.25) is 0 Å². The lowest BCUT2D eigenvalue weighted by atomic mass is 10.1. The van der Waals surface area contributed by atoms with Gasteiger partial charge in [-0.2, -0.15) is 0 Å². The monoisotopic (exact) mass is 378 g/mol. The molecule has 0 spiro atoms. The van der Waals surface area contributed by atoms with Crippen LogP contribution in [0.2, 0.25) is 5.02 Å². The van der Waals surface area contributed by atoms with E-state index in [9.17, 15) is 13.2 Å². The van der Waals surface area contributed by atoms with E-state index in [0.29, 0.717) is 11.3 Å². The normalized spacial score (nSPS) is 15.1. The number of sulfonamides is 1. The summed E-state index contributed by atoms with van der Waals surface area (Å²) in [7, 11) is -3.69. The zero-order valence-corrected chi connectivity index (χ0v) is 15.1. The van der Waals surface area contributed by atoms with Crippen LogP contribution >= 0.6 is 11.6 Å². The van der Waals surface area contributed by atoms with E-state index in [2.05, 4.69) is 10.0 Å². The average Bonchev–Trinajstić information content (AvgIpc) is 3.08. The van der Waals surface area contributed by atoms with Crippen molar-refractivity contribution >= 4 is 33.2 Å². The molecular weight excluding hydrogens is 360 g/mol. The summed E-state index contributed by atoms with van der Waals surface area (Å²) in [4.78, 5) is 12.5. The topological polar surface area (TPSA) is 75.3 Å². The third kappa shape index (κ3) is 4.32. The molecule has 1 aliphatic carbocycles. The first kappa shape index (κ1) is 17.8. The van der Waals surface area contributed by atoms with Crippen molar-refractivity contribution in [2.75, 3.05) is 4.72 Å². The molecule has 1 saturated carbocycles. The largest absolute Gasteiger partial charge is 0.349 e. The standard InChI is InChI=1S/C18H19ClN2O3S/c19-17-12-14(21-25(23,24)15-8-2-1-3-9-15)10-11-16(17)18(22)20-13-6-4-5-7-13/h1-3,8-13,21H,4-7H2,(H,20,22). The van der Waals surface area contributed by atoms with Crippen molar-refractivity contribution in [1.82, 2.24) is 5.32 Å². The molecule has 132 valence electrons. The fraction of sp³-hybridized carbons (Fsp3) is 0.278. The molecule has 2 N–H and O–H groups in total. The fourth-order valence-corrected chi connectivity index (χ4v) is 4.25. The molecule has 3 rings (SSSR count). The van der Waals surface area contributed by atoms with Gasteiger partial charge in [0.1, 0.15) is 0 Å². The molecular formula is C18H19ClN2O3S. The molecule has 0 heterocycles. The number of nitrogens with one attached hydrogen (secondary N) is 2. The second kappa shape index (κ2) is 7.45. The number of anilines is 1. The molecule has 1 fully saturated rings. The number of rotatable bonds is 5. The van der Waals surface area contributed by atoms with Gasteiger partial charge in [0.25, 0.3) is 15.9 Å². The molecule has 0 unspecified atom stereocenters. The zero-order chi connectivity index (χ0) is 17.9. The summed E-state index contributed by atoms with van der Waals surface area (Å²) in [6.07, 6.45) is 4.22. The van der Waals surface area contributed by atoms with Gasteiger partial charge in [0.05, 0.1) is 21.2 Å². The van der Waals surface area contributed by atoms with E-state index in [-0.39, 0.29) is 21.9 Å². The first-order valence-electron chi connectivity index (χ1n) is 8.14. The Labute approximate surface area is 152 Å². The maximum atomic E-state index is 12.3. The summed E-state index contributed by atoms with van der Waals surface area (Å²) in [5.41, 5.74) is 0.655. The van der Waals surface area contributed by atoms with Crippen LogP contribution in [0.25, 0.3) is 0 Å². The van der Waals surface area contributed by atoms with Crippen molar-refractivity contribution < 1.29 is 13.2 Å². The van der Waals surface area contributed by atoms with E-state index >= 15 is 0 Å². The Hall–Kier alpha value is -2.05. The highest BCUT2D eigenvalue weighted by molar-refractivity contribution is 7.92. The molecule has 0 atom stereocenters. The third-order valence-corrected chi connectivity index (χ3v) is 5.92. The van der Waals surface area contributed by atoms with Gasteiger partial charge in [0.15, 0.2) is 0 Å². The second-order valence-electron chi connectivity index (χ2n) is 6.07. The minimum absolute atomic E-state index is 0.161. The summed E-state index contributed by atoms with van der Waals surface area (Å²) in [6.45, 7) is 0. The van der Waals surface area contributed by atoms with Crippen LogP contribution in [0.15, 0.2) is 53.4 Å².